The summed E-state index contributed by atoms with van der Waals surface area (Å²) in [5, 5.41) is 3.98. The number of aryl methyl sites for hydroxylation is 1. The van der Waals surface area contributed by atoms with Gasteiger partial charge in [-0.15, -0.1) is 0 Å². The molecule has 0 atom stereocenters. The highest BCUT2D eigenvalue weighted by atomic mass is 19.4. The first-order valence-electron chi connectivity index (χ1n) is 4.75. The molecule has 17 heavy (non-hydrogen) atoms. The van der Waals surface area contributed by atoms with Gasteiger partial charge in [-0.3, -0.25) is 0 Å². The first-order valence-corrected chi connectivity index (χ1v) is 4.75. The molecule has 2 amide bonds. The van der Waals surface area contributed by atoms with Crippen LogP contribution in [0.3, 0.4) is 0 Å². The maximum Gasteiger partial charge on any atom is 0.405 e. The van der Waals surface area contributed by atoms with E-state index in [1.807, 2.05) is 0 Å². The predicted octanol–water partition coefficient (Wildman–Crippen LogP) is 2.26. The molecular formula is C10H12F3N3O. The van der Waals surface area contributed by atoms with Gasteiger partial charge in [0.2, 0.25) is 0 Å². The van der Waals surface area contributed by atoms with Crippen molar-refractivity contribution < 1.29 is 18.0 Å². The van der Waals surface area contributed by atoms with E-state index in [4.69, 9.17) is 5.73 Å². The number of benzene rings is 1. The molecule has 0 spiro atoms. The number of halogens is 3. The van der Waals surface area contributed by atoms with Crippen LogP contribution >= 0.6 is 0 Å². The van der Waals surface area contributed by atoms with Crippen molar-refractivity contribution in [1.82, 2.24) is 5.32 Å². The van der Waals surface area contributed by atoms with E-state index in [1.54, 1.807) is 24.4 Å². The summed E-state index contributed by atoms with van der Waals surface area (Å²) >= 11 is 0. The van der Waals surface area contributed by atoms with Gasteiger partial charge in [-0.05, 0) is 30.7 Å². The second kappa shape index (κ2) is 4.94. The predicted molar refractivity (Wildman–Crippen MR) is 58.7 cm³/mol. The van der Waals surface area contributed by atoms with Gasteiger partial charge >= 0.3 is 12.2 Å². The van der Waals surface area contributed by atoms with Crippen molar-refractivity contribution in [2.75, 3.05) is 17.6 Å². The lowest BCUT2D eigenvalue weighted by molar-refractivity contribution is -0.122. The Morgan fingerprint density at radius 2 is 2.06 bits per heavy atom. The van der Waals surface area contributed by atoms with Crippen LogP contribution in [0.1, 0.15) is 5.56 Å². The van der Waals surface area contributed by atoms with Crippen LogP contribution in [0.15, 0.2) is 18.2 Å². The zero-order valence-corrected chi connectivity index (χ0v) is 9.06. The Morgan fingerprint density at radius 3 is 2.59 bits per heavy atom. The zero-order valence-electron chi connectivity index (χ0n) is 9.06. The fourth-order valence-corrected chi connectivity index (χ4v) is 1.11. The second-order valence-corrected chi connectivity index (χ2v) is 3.49. The Balaban J connectivity index is 2.54. The van der Waals surface area contributed by atoms with E-state index in [1.165, 1.54) is 6.07 Å². The summed E-state index contributed by atoms with van der Waals surface area (Å²) in [6, 6.07) is 3.73. The van der Waals surface area contributed by atoms with Gasteiger partial charge in [0.25, 0.3) is 0 Å². The Kier molecular flexibility index (Phi) is 3.82. The first-order chi connectivity index (χ1) is 7.78. The lowest BCUT2D eigenvalue weighted by atomic mass is 10.2. The molecule has 0 aromatic heterocycles. The van der Waals surface area contributed by atoms with Gasteiger partial charge in [0.1, 0.15) is 6.54 Å². The summed E-state index contributed by atoms with van der Waals surface area (Å²) in [6.07, 6.45) is -4.42. The van der Waals surface area contributed by atoms with E-state index in [-0.39, 0.29) is 0 Å². The molecule has 0 aliphatic heterocycles. The quantitative estimate of drug-likeness (QED) is 0.702. The molecule has 0 saturated carbocycles. The van der Waals surface area contributed by atoms with Crippen LogP contribution in [0.25, 0.3) is 0 Å². The minimum atomic E-state index is -4.42. The lowest BCUT2D eigenvalue weighted by Crippen LogP contribution is -2.36. The number of nitrogen functional groups attached to an aromatic ring is 1. The minimum Gasteiger partial charge on any atom is -0.399 e. The van der Waals surface area contributed by atoms with Crippen molar-refractivity contribution in [3.05, 3.63) is 23.8 Å². The Labute approximate surface area is 96.0 Å². The number of anilines is 2. The van der Waals surface area contributed by atoms with E-state index >= 15 is 0 Å². The topological polar surface area (TPSA) is 67.2 Å². The summed E-state index contributed by atoms with van der Waals surface area (Å²) in [7, 11) is 0. The van der Waals surface area contributed by atoms with Crippen LogP contribution in [0, 0.1) is 6.92 Å². The summed E-state index contributed by atoms with van der Waals surface area (Å²) in [4.78, 5) is 11.1. The van der Waals surface area contributed by atoms with Crippen LogP contribution in [0.4, 0.5) is 29.3 Å². The molecular weight excluding hydrogens is 235 g/mol. The third-order valence-corrected chi connectivity index (χ3v) is 1.98. The molecule has 0 fully saturated rings. The third kappa shape index (κ3) is 4.62. The Morgan fingerprint density at radius 1 is 1.41 bits per heavy atom. The molecule has 0 aliphatic carbocycles. The smallest absolute Gasteiger partial charge is 0.399 e. The Hall–Kier alpha value is -1.92. The van der Waals surface area contributed by atoms with Crippen LogP contribution in [-0.2, 0) is 0 Å². The highest BCUT2D eigenvalue weighted by molar-refractivity contribution is 5.89. The molecule has 0 heterocycles. The molecule has 94 valence electrons. The standard InChI is InChI=1S/C10H12F3N3O/c1-6-4-7(2-3-8(6)14)16-9(17)15-5-10(11,12)13/h2-4H,5,14H2,1H3,(H2,15,16,17). The Bertz CT molecular complexity index is 418. The minimum absolute atomic E-state index is 0.386. The molecule has 1 aromatic carbocycles. The molecule has 4 nitrogen and oxygen atoms in total. The second-order valence-electron chi connectivity index (χ2n) is 3.49. The maximum atomic E-state index is 11.8. The molecule has 1 aromatic rings. The van der Waals surface area contributed by atoms with E-state index in [9.17, 15) is 18.0 Å². The first kappa shape index (κ1) is 13.1. The van der Waals surface area contributed by atoms with Gasteiger partial charge in [-0.1, -0.05) is 0 Å². The van der Waals surface area contributed by atoms with Gasteiger partial charge in [-0.2, -0.15) is 13.2 Å². The highest BCUT2D eigenvalue weighted by Crippen LogP contribution is 2.16. The van der Waals surface area contributed by atoms with Crippen LogP contribution in [0.5, 0.6) is 0 Å². The summed E-state index contributed by atoms with van der Waals surface area (Å²) in [5.74, 6) is 0. The van der Waals surface area contributed by atoms with E-state index in [2.05, 4.69) is 5.32 Å². The number of hydrogen-bond acceptors (Lipinski definition) is 2. The average Bonchev–Trinajstić information content (AvgIpc) is 2.20. The normalized spacial score (nSPS) is 11.1. The SMILES string of the molecule is Cc1cc(NC(=O)NCC(F)(F)F)ccc1N. The number of nitrogens with one attached hydrogen (secondary N) is 2. The van der Waals surface area contributed by atoms with Crippen molar-refractivity contribution in [2.24, 2.45) is 0 Å². The molecule has 4 N–H and O–H groups in total. The van der Waals surface area contributed by atoms with Gasteiger partial charge in [0.05, 0.1) is 0 Å². The van der Waals surface area contributed by atoms with Crippen molar-refractivity contribution in [3.8, 4) is 0 Å². The van der Waals surface area contributed by atoms with E-state index in [0.717, 1.165) is 5.56 Å². The summed E-state index contributed by atoms with van der Waals surface area (Å²) < 4.78 is 35.4. The number of urea groups is 1. The fourth-order valence-electron chi connectivity index (χ4n) is 1.11. The molecule has 0 saturated heterocycles. The van der Waals surface area contributed by atoms with Gasteiger partial charge < -0.3 is 16.4 Å². The largest absolute Gasteiger partial charge is 0.405 e. The molecule has 0 radical (unpaired) electrons. The monoisotopic (exact) mass is 247 g/mol. The fraction of sp³-hybridized carbons (Fsp3) is 0.300. The number of rotatable bonds is 2. The van der Waals surface area contributed by atoms with Crippen LogP contribution in [-0.4, -0.2) is 18.8 Å². The lowest BCUT2D eigenvalue weighted by Gasteiger charge is -2.10. The number of amides is 2. The van der Waals surface area contributed by atoms with Crippen molar-refractivity contribution in [3.63, 3.8) is 0 Å². The maximum absolute atomic E-state index is 11.8. The number of alkyl halides is 3. The molecule has 0 bridgehead atoms. The van der Waals surface area contributed by atoms with E-state index < -0.39 is 18.8 Å². The number of carbonyl (C=O) groups excluding carboxylic acids is 1. The highest BCUT2D eigenvalue weighted by Gasteiger charge is 2.27. The van der Waals surface area contributed by atoms with Gasteiger partial charge in [-0.25, -0.2) is 4.79 Å². The molecule has 1 rings (SSSR count). The number of nitrogens with two attached hydrogens (primary N) is 1. The van der Waals surface area contributed by atoms with Crippen molar-refractivity contribution in [1.29, 1.82) is 0 Å². The number of carbonyl (C=O) groups is 1. The van der Waals surface area contributed by atoms with Gasteiger partial charge in [0.15, 0.2) is 0 Å². The molecule has 0 unspecified atom stereocenters. The summed E-state index contributed by atoms with van der Waals surface area (Å²) in [6.45, 7) is 0.362. The van der Waals surface area contributed by atoms with E-state index in [0.29, 0.717) is 11.4 Å². The molecule has 7 heteroatoms. The van der Waals surface area contributed by atoms with Crippen LogP contribution < -0.4 is 16.4 Å². The molecule has 0 aliphatic rings. The van der Waals surface area contributed by atoms with Gasteiger partial charge in [0, 0.05) is 11.4 Å². The average molecular weight is 247 g/mol. The third-order valence-electron chi connectivity index (χ3n) is 1.98. The number of hydrogen-bond donors (Lipinski definition) is 3. The van der Waals surface area contributed by atoms with Crippen LogP contribution in [0.2, 0.25) is 0 Å². The van der Waals surface area contributed by atoms with Crippen molar-refractivity contribution in [2.45, 2.75) is 13.1 Å². The summed E-state index contributed by atoms with van der Waals surface area (Å²) in [5.41, 5.74) is 7.23. The van der Waals surface area contributed by atoms with Crippen molar-refractivity contribution >= 4 is 17.4 Å². The zero-order chi connectivity index (χ0) is 13.1.